The van der Waals surface area contributed by atoms with E-state index in [0.29, 0.717) is 28.6 Å². The van der Waals surface area contributed by atoms with Crippen LogP contribution in [0.15, 0.2) is 53.1 Å². The highest BCUT2D eigenvalue weighted by atomic mass is 16.5. The molecule has 28 heavy (non-hydrogen) atoms. The Labute approximate surface area is 162 Å². The quantitative estimate of drug-likeness (QED) is 0.639. The van der Waals surface area contributed by atoms with Crippen LogP contribution in [-0.4, -0.2) is 36.9 Å². The summed E-state index contributed by atoms with van der Waals surface area (Å²) in [5.41, 5.74) is 0.707. The zero-order valence-electron chi connectivity index (χ0n) is 15.8. The van der Waals surface area contributed by atoms with Crippen molar-refractivity contribution in [3.8, 4) is 28.6 Å². The van der Waals surface area contributed by atoms with Crippen molar-refractivity contribution >= 4 is 5.91 Å². The molecule has 0 radical (unpaired) electrons. The number of nitrogens with one attached hydrogen (secondary N) is 1. The number of benzene rings is 2. The van der Waals surface area contributed by atoms with Gasteiger partial charge in [-0.1, -0.05) is 23.4 Å². The van der Waals surface area contributed by atoms with Crippen molar-refractivity contribution < 1.29 is 23.5 Å². The van der Waals surface area contributed by atoms with E-state index in [9.17, 15) is 4.79 Å². The summed E-state index contributed by atoms with van der Waals surface area (Å²) < 4.78 is 21.2. The number of methoxy groups -OCH3 is 2. The lowest BCUT2D eigenvalue weighted by Crippen LogP contribution is -2.31. The first-order valence-corrected chi connectivity index (χ1v) is 8.64. The topological polar surface area (TPSA) is 95.7 Å². The third kappa shape index (κ3) is 4.59. The molecule has 1 N–H and O–H groups in total. The van der Waals surface area contributed by atoms with Gasteiger partial charge in [-0.3, -0.25) is 4.79 Å². The second-order valence-corrected chi connectivity index (χ2v) is 5.92. The van der Waals surface area contributed by atoms with E-state index < -0.39 is 6.04 Å². The Bertz CT molecular complexity index is 927. The van der Waals surface area contributed by atoms with E-state index in [1.54, 1.807) is 51.5 Å². The first-order valence-electron chi connectivity index (χ1n) is 8.64. The third-order valence-electron chi connectivity index (χ3n) is 3.94. The molecule has 2 aromatic carbocycles. The minimum absolute atomic E-state index is 0.106. The Hall–Kier alpha value is -3.55. The fraction of sp³-hybridized carbons (Fsp3) is 0.250. The van der Waals surface area contributed by atoms with Gasteiger partial charge in [0.2, 0.25) is 11.7 Å². The zero-order valence-corrected chi connectivity index (χ0v) is 15.8. The van der Waals surface area contributed by atoms with E-state index in [1.807, 2.05) is 18.2 Å². The standard InChI is InChI=1S/C20H21N3O5/c1-13(21-18(24)12-27-15-7-5-4-6-8-15)20-22-19(23-28-20)14-9-10-16(25-2)17(11-14)26-3/h4-11,13H,12H2,1-3H3,(H,21,24). The highest BCUT2D eigenvalue weighted by Gasteiger charge is 2.18. The number of hydrogen-bond acceptors (Lipinski definition) is 7. The molecular formula is C20H21N3O5. The molecule has 3 aromatic rings. The summed E-state index contributed by atoms with van der Waals surface area (Å²) in [5, 5.41) is 6.74. The molecule has 0 saturated heterocycles. The Morgan fingerprint density at radius 3 is 2.57 bits per heavy atom. The van der Waals surface area contributed by atoms with Crippen molar-refractivity contribution in [3.05, 3.63) is 54.4 Å². The maximum absolute atomic E-state index is 12.1. The third-order valence-corrected chi connectivity index (χ3v) is 3.94. The number of para-hydroxylation sites is 1. The van der Waals surface area contributed by atoms with E-state index in [-0.39, 0.29) is 18.4 Å². The van der Waals surface area contributed by atoms with Crippen molar-refractivity contribution in [3.63, 3.8) is 0 Å². The molecule has 8 heteroatoms. The van der Waals surface area contributed by atoms with Gasteiger partial charge in [0.1, 0.15) is 11.8 Å². The van der Waals surface area contributed by atoms with Gasteiger partial charge < -0.3 is 24.1 Å². The van der Waals surface area contributed by atoms with Crippen LogP contribution in [0.2, 0.25) is 0 Å². The number of amides is 1. The number of carbonyl (C=O) groups is 1. The Morgan fingerprint density at radius 1 is 1.11 bits per heavy atom. The van der Waals surface area contributed by atoms with Crippen LogP contribution in [0.5, 0.6) is 17.2 Å². The van der Waals surface area contributed by atoms with Crippen LogP contribution < -0.4 is 19.5 Å². The molecule has 0 aliphatic carbocycles. The molecule has 0 saturated carbocycles. The van der Waals surface area contributed by atoms with Crippen molar-refractivity contribution in [2.45, 2.75) is 13.0 Å². The van der Waals surface area contributed by atoms with Gasteiger partial charge in [0, 0.05) is 5.56 Å². The summed E-state index contributed by atoms with van der Waals surface area (Å²) in [6.07, 6.45) is 0. The van der Waals surface area contributed by atoms with E-state index in [4.69, 9.17) is 18.7 Å². The maximum Gasteiger partial charge on any atom is 0.258 e. The summed E-state index contributed by atoms with van der Waals surface area (Å²) in [4.78, 5) is 16.4. The lowest BCUT2D eigenvalue weighted by atomic mass is 10.2. The van der Waals surface area contributed by atoms with Crippen LogP contribution in [0.25, 0.3) is 11.4 Å². The van der Waals surface area contributed by atoms with Crippen LogP contribution in [-0.2, 0) is 4.79 Å². The van der Waals surface area contributed by atoms with Crippen molar-refractivity contribution in [1.82, 2.24) is 15.5 Å². The SMILES string of the molecule is COc1ccc(-c2noc(C(C)NC(=O)COc3ccccc3)n2)cc1OC. The Morgan fingerprint density at radius 2 is 1.86 bits per heavy atom. The fourth-order valence-electron chi connectivity index (χ4n) is 2.51. The molecule has 0 spiro atoms. The lowest BCUT2D eigenvalue weighted by molar-refractivity contribution is -0.123. The largest absolute Gasteiger partial charge is 0.493 e. The van der Waals surface area contributed by atoms with Crippen LogP contribution in [0.1, 0.15) is 18.9 Å². The molecular weight excluding hydrogens is 362 g/mol. The van der Waals surface area contributed by atoms with E-state index in [2.05, 4.69) is 15.5 Å². The number of rotatable bonds is 8. The van der Waals surface area contributed by atoms with E-state index >= 15 is 0 Å². The molecule has 0 aliphatic rings. The number of aromatic nitrogens is 2. The van der Waals surface area contributed by atoms with Gasteiger partial charge in [-0.05, 0) is 37.3 Å². The van der Waals surface area contributed by atoms with Gasteiger partial charge in [-0.15, -0.1) is 0 Å². The molecule has 1 atom stereocenters. The average molecular weight is 383 g/mol. The zero-order chi connectivity index (χ0) is 19.9. The molecule has 1 unspecified atom stereocenters. The molecule has 1 amide bonds. The second kappa shape index (κ2) is 8.90. The molecule has 1 aromatic heterocycles. The number of carbonyl (C=O) groups excluding carboxylic acids is 1. The number of hydrogen-bond donors (Lipinski definition) is 1. The molecule has 146 valence electrons. The fourth-order valence-corrected chi connectivity index (χ4v) is 2.51. The van der Waals surface area contributed by atoms with Crippen molar-refractivity contribution in [2.24, 2.45) is 0 Å². The minimum Gasteiger partial charge on any atom is -0.493 e. The van der Waals surface area contributed by atoms with Gasteiger partial charge in [0.15, 0.2) is 18.1 Å². The number of ether oxygens (including phenoxy) is 3. The van der Waals surface area contributed by atoms with E-state index in [1.165, 1.54) is 0 Å². The highest BCUT2D eigenvalue weighted by molar-refractivity contribution is 5.77. The normalized spacial score (nSPS) is 11.5. The molecule has 0 bridgehead atoms. The highest BCUT2D eigenvalue weighted by Crippen LogP contribution is 2.31. The predicted molar refractivity (Wildman–Crippen MR) is 101 cm³/mol. The van der Waals surface area contributed by atoms with Gasteiger partial charge in [0.25, 0.3) is 5.91 Å². The van der Waals surface area contributed by atoms with Crippen molar-refractivity contribution in [2.75, 3.05) is 20.8 Å². The van der Waals surface area contributed by atoms with Gasteiger partial charge in [-0.2, -0.15) is 4.98 Å². The molecule has 8 nitrogen and oxygen atoms in total. The summed E-state index contributed by atoms with van der Waals surface area (Å²) in [7, 11) is 3.12. The summed E-state index contributed by atoms with van der Waals surface area (Å²) in [6, 6.07) is 14.0. The van der Waals surface area contributed by atoms with Gasteiger partial charge >= 0.3 is 0 Å². The molecule has 1 heterocycles. The van der Waals surface area contributed by atoms with Crippen LogP contribution in [0.3, 0.4) is 0 Å². The number of nitrogens with zero attached hydrogens (tertiary/aromatic N) is 2. The first kappa shape index (κ1) is 19.2. The van der Waals surface area contributed by atoms with E-state index in [0.717, 1.165) is 0 Å². The second-order valence-electron chi connectivity index (χ2n) is 5.92. The molecule has 0 aliphatic heterocycles. The summed E-state index contributed by atoms with van der Waals surface area (Å²) >= 11 is 0. The average Bonchev–Trinajstić information content (AvgIpc) is 3.23. The Kier molecular flexibility index (Phi) is 6.11. The Balaban J connectivity index is 1.62. The van der Waals surface area contributed by atoms with Gasteiger partial charge in [0.05, 0.1) is 14.2 Å². The van der Waals surface area contributed by atoms with Gasteiger partial charge in [-0.25, -0.2) is 0 Å². The maximum atomic E-state index is 12.1. The van der Waals surface area contributed by atoms with Crippen LogP contribution in [0, 0.1) is 0 Å². The van der Waals surface area contributed by atoms with Crippen LogP contribution >= 0.6 is 0 Å². The molecule has 0 fully saturated rings. The predicted octanol–water partition coefficient (Wildman–Crippen LogP) is 3.01. The van der Waals surface area contributed by atoms with Crippen molar-refractivity contribution in [1.29, 1.82) is 0 Å². The monoisotopic (exact) mass is 383 g/mol. The first-order chi connectivity index (χ1) is 13.6. The van der Waals surface area contributed by atoms with Crippen LogP contribution in [0.4, 0.5) is 0 Å². The summed E-state index contributed by atoms with van der Waals surface area (Å²) in [5.74, 6) is 2.18. The smallest absolute Gasteiger partial charge is 0.258 e. The summed E-state index contributed by atoms with van der Waals surface area (Å²) in [6.45, 7) is 1.65. The lowest BCUT2D eigenvalue weighted by Gasteiger charge is -2.10. The molecule has 3 rings (SSSR count). The minimum atomic E-state index is -0.465.